The highest BCUT2D eigenvalue weighted by atomic mass is 35.5. The molecule has 1 aliphatic rings. The van der Waals surface area contributed by atoms with Crippen LogP contribution in [0, 0.1) is 5.82 Å². The van der Waals surface area contributed by atoms with E-state index in [2.05, 4.69) is 25.3 Å². The molecule has 1 unspecified atom stereocenters. The number of nitrogens with zero attached hydrogens (tertiary/aromatic N) is 5. The fraction of sp³-hybridized carbons (Fsp3) is 0.250. The molecule has 3 N–H and O–H groups in total. The van der Waals surface area contributed by atoms with Gasteiger partial charge in [0.05, 0.1) is 17.8 Å². The number of hydrogen-bond acceptors (Lipinski definition) is 8. The average Bonchev–Trinajstić information content (AvgIpc) is 3.03. The van der Waals surface area contributed by atoms with Crippen molar-refractivity contribution in [3.63, 3.8) is 0 Å². The van der Waals surface area contributed by atoms with Crippen LogP contribution in [0.4, 0.5) is 15.9 Å². The third kappa shape index (κ3) is 3.50. The van der Waals surface area contributed by atoms with Crippen LogP contribution in [0.5, 0.6) is 6.01 Å². The highest BCUT2D eigenvalue weighted by Gasteiger charge is 2.22. The molecular weight excluding hydrogens is 361 g/mol. The Balaban J connectivity index is 1.63. The van der Waals surface area contributed by atoms with Crippen LogP contribution in [-0.4, -0.2) is 44.1 Å². The van der Waals surface area contributed by atoms with E-state index in [0.717, 1.165) is 6.42 Å². The summed E-state index contributed by atoms with van der Waals surface area (Å²) in [5.74, 6) is -0.0605. The van der Waals surface area contributed by atoms with Crippen LogP contribution in [0.3, 0.4) is 0 Å². The summed E-state index contributed by atoms with van der Waals surface area (Å²) in [5, 5.41) is 4.80. The largest absolute Gasteiger partial charge is 0.365 e. The van der Waals surface area contributed by atoms with Crippen molar-refractivity contribution in [3.8, 4) is 6.01 Å². The molecule has 0 spiro atoms. The van der Waals surface area contributed by atoms with Gasteiger partial charge in [0.1, 0.15) is 23.2 Å². The zero-order valence-electron chi connectivity index (χ0n) is 13.6. The molecule has 4 rings (SSSR count). The van der Waals surface area contributed by atoms with Gasteiger partial charge in [-0.05, 0) is 24.6 Å². The monoisotopic (exact) mass is 375 g/mol. The van der Waals surface area contributed by atoms with E-state index in [1.165, 1.54) is 18.5 Å². The predicted molar refractivity (Wildman–Crippen MR) is 94.6 cm³/mol. The van der Waals surface area contributed by atoms with E-state index in [0.29, 0.717) is 35.6 Å². The van der Waals surface area contributed by atoms with Gasteiger partial charge in [-0.15, -0.1) is 5.06 Å². The Labute approximate surface area is 153 Å². The SMILES string of the molecule is NC1CCN(Oc2ncc3ncnc(Nc4ccc(F)c(Cl)c4)c3n2)C1. The lowest BCUT2D eigenvalue weighted by molar-refractivity contribution is -0.0447. The standard InChI is InChI=1S/C16H15ClFN7O/c17-11-5-10(1-2-12(11)18)23-15-14-13(21-8-22-15)6-20-16(24-14)26-25-4-3-9(19)7-25/h1-2,5-6,8-9H,3-4,7,19H2,(H,21,22,23). The molecule has 0 saturated carbocycles. The van der Waals surface area contributed by atoms with Gasteiger partial charge in [-0.2, -0.15) is 9.97 Å². The first kappa shape index (κ1) is 16.8. The van der Waals surface area contributed by atoms with Gasteiger partial charge >= 0.3 is 6.01 Å². The van der Waals surface area contributed by atoms with Crippen LogP contribution in [-0.2, 0) is 0 Å². The fourth-order valence-electron chi connectivity index (χ4n) is 2.64. The van der Waals surface area contributed by atoms with Crippen molar-refractivity contribution < 1.29 is 9.23 Å². The summed E-state index contributed by atoms with van der Waals surface area (Å²) in [4.78, 5) is 22.6. The van der Waals surface area contributed by atoms with E-state index in [1.54, 1.807) is 17.3 Å². The van der Waals surface area contributed by atoms with Gasteiger partial charge < -0.3 is 15.9 Å². The summed E-state index contributed by atoms with van der Waals surface area (Å²) in [6.45, 7) is 1.33. The van der Waals surface area contributed by atoms with Gasteiger partial charge in [-0.3, -0.25) is 0 Å². The highest BCUT2D eigenvalue weighted by Crippen LogP contribution is 2.25. The van der Waals surface area contributed by atoms with Crippen LogP contribution in [0.1, 0.15) is 6.42 Å². The molecule has 10 heteroatoms. The van der Waals surface area contributed by atoms with Gasteiger partial charge in [0.2, 0.25) is 0 Å². The minimum atomic E-state index is -0.494. The molecular formula is C16H15ClFN7O. The Morgan fingerprint density at radius 3 is 2.96 bits per heavy atom. The summed E-state index contributed by atoms with van der Waals surface area (Å²) < 4.78 is 13.3. The van der Waals surface area contributed by atoms with Crippen LogP contribution in [0.15, 0.2) is 30.7 Å². The first-order valence-electron chi connectivity index (χ1n) is 7.97. The Hall–Kier alpha value is -2.62. The molecule has 0 aliphatic carbocycles. The second-order valence-electron chi connectivity index (χ2n) is 5.89. The predicted octanol–water partition coefficient (Wildman–Crippen LogP) is 2.28. The molecule has 0 bridgehead atoms. The molecule has 0 amide bonds. The number of fused-ring (bicyclic) bond motifs is 1. The van der Waals surface area contributed by atoms with Gasteiger partial charge in [0.25, 0.3) is 0 Å². The van der Waals surface area contributed by atoms with Crippen LogP contribution in [0.25, 0.3) is 11.0 Å². The van der Waals surface area contributed by atoms with E-state index in [4.69, 9.17) is 22.2 Å². The maximum Gasteiger partial charge on any atom is 0.336 e. The van der Waals surface area contributed by atoms with Gasteiger partial charge in [-0.25, -0.2) is 14.4 Å². The van der Waals surface area contributed by atoms with E-state index in [-0.39, 0.29) is 17.1 Å². The van der Waals surface area contributed by atoms with Crippen molar-refractivity contribution in [2.75, 3.05) is 18.4 Å². The van der Waals surface area contributed by atoms with Crippen molar-refractivity contribution in [2.24, 2.45) is 5.73 Å². The number of hydrogen-bond donors (Lipinski definition) is 2. The molecule has 1 saturated heterocycles. The van der Waals surface area contributed by atoms with Gasteiger partial charge in [0.15, 0.2) is 5.82 Å². The van der Waals surface area contributed by atoms with E-state index >= 15 is 0 Å². The second-order valence-corrected chi connectivity index (χ2v) is 6.30. The zero-order valence-corrected chi connectivity index (χ0v) is 14.3. The molecule has 2 aromatic heterocycles. The Bertz CT molecular complexity index is 957. The minimum Gasteiger partial charge on any atom is -0.365 e. The van der Waals surface area contributed by atoms with Crippen molar-refractivity contribution in [1.82, 2.24) is 25.0 Å². The van der Waals surface area contributed by atoms with Gasteiger partial charge in [-0.1, -0.05) is 11.6 Å². The van der Waals surface area contributed by atoms with Crippen LogP contribution in [0.2, 0.25) is 5.02 Å². The lowest BCUT2D eigenvalue weighted by Crippen LogP contribution is -2.29. The first-order valence-corrected chi connectivity index (χ1v) is 8.34. The number of nitrogens with two attached hydrogens (primary N) is 1. The zero-order chi connectivity index (χ0) is 18.1. The smallest absolute Gasteiger partial charge is 0.336 e. The van der Waals surface area contributed by atoms with Crippen LogP contribution >= 0.6 is 11.6 Å². The molecule has 1 fully saturated rings. The third-order valence-corrected chi connectivity index (χ3v) is 4.23. The molecule has 1 atom stereocenters. The first-order chi connectivity index (χ1) is 12.6. The molecule has 134 valence electrons. The molecule has 3 heterocycles. The number of rotatable bonds is 4. The van der Waals surface area contributed by atoms with Crippen LogP contribution < -0.4 is 15.9 Å². The van der Waals surface area contributed by atoms with Gasteiger partial charge in [0, 0.05) is 18.3 Å². The summed E-state index contributed by atoms with van der Waals surface area (Å²) in [5.41, 5.74) is 7.46. The molecule has 1 aliphatic heterocycles. The maximum atomic E-state index is 13.3. The number of aromatic nitrogens is 4. The number of benzene rings is 1. The summed E-state index contributed by atoms with van der Waals surface area (Å²) >= 11 is 5.82. The number of halogens is 2. The second kappa shape index (κ2) is 6.94. The van der Waals surface area contributed by atoms with Crippen molar-refractivity contribution in [2.45, 2.75) is 12.5 Å². The summed E-state index contributed by atoms with van der Waals surface area (Å²) in [6, 6.07) is 4.56. The molecule has 26 heavy (non-hydrogen) atoms. The van der Waals surface area contributed by atoms with Crippen molar-refractivity contribution >= 4 is 34.1 Å². The molecule has 3 aromatic rings. The highest BCUT2D eigenvalue weighted by molar-refractivity contribution is 6.31. The third-order valence-electron chi connectivity index (χ3n) is 3.94. The summed E-state index contributed by atoms with van der Waals surface area (Å²) in [6.07, 6.45) is 3.80. The van der Waals surface area contributed by atoms with E-state index in [9.17, 15) is 4.39 Å². The normalized spacial score (nSPS) is 17.6. The lowest BCUT2D eigenvalue weighted by Gasteiger charge is -2.15. The Morgan fingerprint density at radius 2 is 2.19 bits per heavy atom. The lowest BCUT2D eigenvalue weighted by atomic mass is 10.3. The minimum absolute atomic E-state index is 0.0115. The Kier molecular flexibility index (Phi) is 4.49. The fourth-order valence-corrected chi connectivity index (χ4v) is 2.82. The summed E-state index contributed by atoms with van der Waals surface area (Å²) in [7, 11) is 0. The van der Waals surface area contributed by atoms with E-state index in [1.807, 2.05) is 0 Å². The quantitative estimate of drug-likeness (QED) is 0.716. The topological polar surface area (TPSA) is 102 Å². The molecule has 0 radical (unpaired) electrons. The number of anilines is 2. The number of nitrogens with one attached hydrogen (secondary N) is 1. The van der Waals surface area contributed by atoms with Crippen molar-refractivity contribution in [1.29, 1.82) is 0 Å². The van der Waals surface area contributed by atoms with Crippen molar-refractivity contribution in [3.05, 3.63) is 41.6 Å². The number of hydroxylamine groups is 2. The molecule has 8 nitrogen and oxygen atoms in total. The Morgan fingerprint density at radius 1 is 1.31 bits per heavy atom. The molecule has 1 aromatic carbocycles. The average molecular weight is 376 g/mol. The maximum absolute atomic E-state index is 13.3. The van der Waals surface area contributed by atoms with E-state index < -0.39 is 5.82 Å².